The van der Waals surface area contributed by atoms with Crippen LogP contribution in [0.2, 0.25) is 0 Å². The number of para-hydroxylation sites is 1. The van der Waals surface area contributed by atoms with E-state index in [1.165, 1.54) is 22.0 Å². The molecule has 0 radical (unpaired) electrons. The number of rotatable bonds is 4. The first-order valence-electron chi connectivity index (χ1n) is 8.57. The molecule has 0 fully saturated rings. The van der Waals surface area contributed by atoms with E-state index in [1.54, 1.807) is 18.5 Å². The summed E-state index contributed by atoms with van der Waals surface area (Å²) in [5.41, 5.74) is 4.79. The Balaban J connectivity index is 1.60. The molecule has 2 aromatic carbocycles. The Hall–Kier alpha value is -2.99. The first-order chi connectivity index (χ1) is 12.5. The highest BCUT2D eigenvalue weighted by Gasteiger charge is 2.12. The summed E-state index contributed by atoms with van der Waals surface area (Å²) in [7, 11) is 0. The van der Waals surface area contributed by atoms with E-state index in [0.717, 1.165) is 11.0 Å². The van der Waals surface area contributed by atoms with Crippen molar-refractivity contribution in [2.75, 3.05) is 0 Å². The van der Waals surface area contributed by atoms with Crippen molar-refractivity contribution >= 4 is 21.9 Å². The highest BCUT2D eigenvalue weighted by molar-refractivity contribution is 5.77. The third-order valence-electron chi connectivity index (χ3n) is 4.78. The van der Waals surface area contributed by atoms with Gasteiger partial charge in [-0.2, -0.15) is 0 Å². The minimum absolute atomic E-state index is 0.142. The van der Waals surface area contributed by atoms with Gasteiger partial charge in [-0.3, -0.25) is 9.36 Å². The summed E-state index contributed by atoms with van der Waals surface area (Å²) >= 11 is 0. The number of fused-ring (bicyclic) bond motifs is 2. The summed E-state index contributed by atoms with van der Waals surface area (Å²) in [4.78, 5) is 21.3. The van der Waals surface area contributed by atoms with Crippen molar-refractivity contribution in [2.24, 2.45) is 0 Å². The van der Waals surface area contributed by atoms with Gasteiger partial charge in [0, 0.05) is 0 Å². The zero-order valence-electron chi connectivity index (χ0n) is 14.8. The average Bonchev–Trinajstić information content (AvgIpc) is 3.00. The van der Waals surface area contributed by atoms with Crippen LogP contribution in [-0.2, 0) is 13.1 Å². The van der Waals surface area contributed by atoms with Crippen molar-refractivity contribution in [3.8, 4) is 0 Å². The lowest BCUT2D eigenvalue weighted by Gasteiger charge is -2.14. The molecule has 6 heteroatoms. The second kappa shape index (κ2) is 6.38. The predicted molar refractivity (Wildman–Crippen MR) is 101 cm³/mol. The molecule has 132 valence electrons. The monoisotopic (exact) mass is 348 g/mol. The molecule has 0 amide bonds. The predicted octanol–water partition coefficient (Wildman–Crippen LogP) is 2.42. The molecule has 26 heavy (non-hydrogen) atoms. The van der Waals surface area contributed by atoms with Crippen molar-refractivity contribution in [1.29, 1.82) is 0 Å². The number of nitrogens with zero attached hydrogens (tertiary/aromatic N) is 4. The van der Waals surface area contributed by atoms with Gasteiger partial charge in [0.1, 0.15) is 0 Å². The summed E-state index contributed by atoms with van der Waals surface area (Å²) < 4.78 is 3.38. The molecule has 1 atom stereocenters. The van der Waals surface area contributed by atoms with Crippen LogP contribution in [0.15, 0.2) is 53.8 Å². The van der Waals surface area contributed by atoms with Crippen molar-refractivity contribution in [1.82, 2.24) is 19.1 Å². The van der Waals surface area contributed by atoms with Gasteiger partial charge in [-0.1, -0.05) is 12.1 Å². The fourth-order valence-electron chi connectivity index (χ4n) is 3.21. The van der Waals surface area contributed by atoms with E-state index in [0.29, 0.717) is 17.4 Å². The lowest BCUT2D eigenvalue weighted by molar-refractivity contribution is 0.134. The summed E-state index contributed by atoms with van der Waals surface area (Å²) in [6, 6.07) is 11.3. The maximum Gasteiger partial charge on any atom is 0.261 e. The van der Waals surface area contributed by atoms with Crippen LogP contribution < -0.4 is 5.56 Å². The molecule has 0 aliphatic carbocycles. The highest BCUT2D eigenvalue weighted by atomic mass is 16.3. The Labute approximate surface area is 150 Å². The summed E-state index contributed by atoms with van der Waals surface area (Å²) in [6.45, 7) is 4.66. The third-order valence-corrected chi connectivity index (χ3v) is 4.78. The summed E-state index contributed by atoms with van der Waals surface area (Å²) in [5, 5.41) is 11.1. The fourth-order valence-corrected chi connectivity index (χ4v) is 3.21. The van der Waals surface area contributed by atoms with Crippen LogP contribution in [-0.4, -0.2) is 30.3 Å². The number of aromatic nitrogens is 4. The van der Waals surface area contributed by atoms with E-state index >= 15 is 0 Å². The van der Waals surface area contributed by atoms with Gasteiger partial charge in [0.2, 0.25) is 0 Å². The SMILES string of the molecule is Cc1cc2ncn(CC(O)Cn3cnc4ccccc4c3=O)c2cc1C. The number of imidazole rings is 1. The van der Waals surface area contributed by atoms with Gasteiger partial charge >= 0.3 is 0 Å². The summed E-state index contributed by atoms with van der Waals surface area (Å²) in [5.74, 6) is 0. The smallest absolute Gasteiger partial charge is 0.261 e. The van der Waals surface area contributed by atoms with E-state index < -0.39 is 6.10 Å². The molecule has 2 heterocycles. The van der Waals surface area contributed by atoms with Gasteiger partial charge in [-0.15, -0.1) is 0 Å². The van der Waals surface area contributed by atoms with E-state index in [2.05, 4.69) is 29.9 Å². The number of hydrogen-bond donors (Lipinski definition) is 1. The van der Waals surface area contributed by atoms with Crippen molar-refractivity contribution in [3.63, 3.8) is 0 Å². The van der Waals surface area contributed by atoms with Crippen LogP contribution >= 0.6 is 0 Å². The topological polar surface area (TPSA) is 72.9 Å². The zero-order chi connectivity index (χ0) is 18.3. The third kappa shape index (κ3) is 2.88. The maximum atomic E-state index is 12.6. The van der Waals surface area contributed by atoms with E-state index in [1.807, 2.05) is 22.8 Å². The van der Waals surface area contributed by atoms with Crippen LogP contribution in [0.3, 0.4) is 0 Å². The summed E-state index contributed by atoms with van der Waals surface area (Å²) in [6.07, 6.45) is 2.50. The fraction of sp³-hybridized carbons (Fsp3) is 0.250. The standard InChI is InChI=1S/C20H20N4O2/c1-13-7-18-19(8-14(13)2)23(11-22-18)9-15(25)10-24-12-21-17-6-4-3-5-16(17)20(24)26/h3-8,11-12,15,25H,9-10H2,1-2H3. The largest absolute Gasteiger partial charge is 0.389 e. The molecule has 1 N–H and O–H groups in total. The molecule has 0 bridgehead atoms. The molecule has 0 aliphatic rings. The Morgan fingerprint density at radius 1 is 0.962 bits per heavy atom. The van der Waals surface area contributed by atoms with Crippen LogP contribution in [0, 0.1) is 13.8 Å². The van der Waals surface area contributed by atoms with Gasteiger partial charge in [0.25, 0.3) is 5.56 Å². The molecule has 0 aliphatic heterocycles. The molecule has 0 saturated heterocycles. The lowest BCUT2D eigenvalue weighted by atomic mass is 10.1. The molecular formula is C20H20N4O2. The Bertz CT molecular complexity index is 1160. The van der Waals surface area contributed by atoms with Crippen molar-refractivity contribution in [2.45, 2.75) is 33.0 Å². The Morgan fingerprint density at radius 3 is 2.46 bits per heavy atom. The Morgan fingerprint density at radius 2 is 1.62 bits per heavy atom. The first kappa shape index (κ1) is 16.5. The van der Waals surface area contributed by atoms with Gasteiger partial charge < -0.3 is 9.67 Å². The van der Waals surface area contributed by atoms with Crippen LogP contribution in [0.25, 0.3) is 21.9 Å². The van der Waals surface area contributed by atoms with Gasteiger partial charge in [0.15, 0.2) is 0 Å². The van der Waals surface area contributed by atoms with Crippen LogP contribution in [0.1, 0.15) is 11.1 Å². The van der Waals surface area contributed by atoms with E-state index in [-0.39, 0.29) is 12.1 Å². The number of benzene rings is 2. The molecule has 0 saturated carbocycles. The number of aliphatic hydroxyl groups excluding tert-OH is 1. The second-order valence-electron chi connectivity index (χ2n) is 6.70. The van der Waals surface area contributed by atoms with E-state index in [9.17, 15) is 9.90 Å². The molecule has 6 nitrogen and oxygen atoms in total. The normalized spacial score (nSPS) is 12.7. The van der Waals surface area contributed by atoms with Crippen molar-refractivity contribution < 1.29 is 5.11 Å². The molecular weight excluding hydrogens is 328 g/mol. The van der Waals surface area contributed by atoms with Gasteiger partial charge in [-0.05, 0) is 49.2 Å². The average molecular weight is 348 g/mol. The molecule has 0 spiro atoms. The zero-order valence-corrected chi connectivity index (χ0v) is 14.8. The lowest BCUT2D eigenvalue weighted by Crippen LogP contribution is -2.29. The second-order valence-corrected chi connectivity index (χ2v) is 6.70. The minimum Gasteiger partial charge on any atom is -0.389 e. The van der Waals surface area contributed by atoms with Gasteiger partial charge in [-0.25, -0.2) is 9.97 Å². The van der Waals surface area contributed by atoms with Crippen LogP contribution in [0.5, 0.6) is 0 Å². The minimum atomic E-state index is -0.727. The first-order valence-corrected chi connectivity index (χ1v) is 8.57. The van der Waals surface area contributed by atoms with Crippen LogP contribution in [0.4, 0.5) is 0 Å². The molecule has 1 unspecified atom stereocenters. The number of aliphatic hydroxyl groups is 1. The Kier molecular flexibility index (Phi) is 4.05. The van der Waals surface area contributed by atoms with E-state index in [4.69, 9.17) is 0 Å². The number of hydrogen-bond acceptors (Lipinski definition) is 4. The maximum absolute atomic E-state index is 12.6. The quantitative estimate of drug-likeness (QED) is 0.615. The molecule has 4 rings (SSSR count). The van der Waals surface area contributed by atoms with Gasteiger partial charge in [0.05, 0.1) is 53.8 Å². The number of aryl methyl sites for hydroxylation is 2. The molecule has 4 aromatic rings. The highest BCUT2D eigenvalue weighted by Crippen LogP contribution is 2.18. The molecule has 2 aromatic heterocycles. The van der Waals surface area contributed by atoms with Crippen molar-refractivity contribution in [3.05, 3.63) is 70.5 Å².